The summed E-state index contributed by atoms with van der Waals surface area (Å²) in [5, 5.41) is 5.59. The standard InChI is InChI=1S/C21H26N4O4/c22-14-5-4-12(10-14)8-9-23-11-13-2-1-3-15-18(13)21(29)25(20(15)28)16-6-7-17(26)24-19(16)27/h1-3,12,14,16,23H,4-11,22H2,(H,24,26,27). The average molecular weight is 398 g/mol. The molecule has 1 aliphatic carbocycles. The Morgan fingerprint density at radius 1 is 1.10 bits per heavy atom. The van der Waals surface area contributed by atoms with Crippen LogP contribution in [0, 0.1) is 5.92 Å². The van der Waals surface area contributed by atoms with E-state index in [-0.39, 0.29) is 18.7 Å². The van der Waals surface area contributed by atoms with Crippen molar-refractivity contribution in [3.05, 3.63) is 34.9 Å². The number of imide groups is 2. The van der Waals surface area contributed by atoms with Crippen LogP contribution in [0.4, 0.5) is 0 Å². The Labute approximate surface area is 169 Å². The van der Waals surface area contributed by atoms with Crippen LogP contribution in [0.5, 0.6) is 0 Å². The number of nitrogens with two attached hydrogens (primary N) is 1. The van der Waals surface area contributed by atoms with Crippen molar-refractivity contribution < 1.29 is 19.2 Å². The minimum Gasteiger partial charge on any atom is -0.328 e. The Balaban J connectivity index is 1.43. The molecule has 0 radical (unpaired) electrons. The highest BCUT2D eigenvalue weighted by atomic mass is 16.2. The lowest BCUT2D eigenvalue weighted by molar-refractivity contribution is -0.136. The van der Waals surface area contributed by atoms with E-state index in [1.165, 1.54) is 0 Å². The molecule has 2 aliphatic heterocycles. The monoisotopic (exact) mass is 398 g/mol. The maximum Gasteiger partial charge on any atom is 0.262 e. The fourth-order valence-electron chi connectivity index (χ4n) is 4.64. The number of piperidine rings is 1. The van der Waals surface area contributed by atoms with Crippen LogP contribution in [-0.4, -0.2) is 47.2 Å². The first-order valence-electron chi connectivity index (χ1n) is 10.3. The smallest absolute Gasteiger partial charge is 0.262 e. The highest BCUT2D eigenvalue weighted by molar-refractivity contribution is 6.24. The van der Waals surface area contributed by atoms with Gasteiger partial charge in [-0.3, -0.25) is 29.4 Å². The van der Waals surface area contributed by atoms with Crippen LogP contribution >= 0.6 is 0 Å². The topological polar surface area (TPSA) is 122 Å². The molecule has 4 N–H and O–H groups in total. The van der Waals surface area contributed by atoms with Crippen molar-refractivity contribution in [2.45, 2.75) is 57.2 Å². The molecule has 3 atom stereocenters. The number of hydrogen-bond donors (Lipinski definition) is 3. The van der Waals surface area contributed by atoms with Gasteiger partial charge in [-0.15, -0.1) is 0 Å². The molecule has 0 bridgehead atoms. The maximum absolute atomic E-state index is 13.0. The Morgan fingerprint density at radius 3 is 2.66 bits per heavy atom. The van der Waals surface area contributed by atoms with Crippen LogP contribution in [0.2, 0.25) is 0 Å². The first kappa shape index (κ1) is 19.7. The molecule has 1 saturated heterocycles. The molecule has 1 saturated carbocycles. The van der Waals surface area contributed by atoms with Crippen LogP contribution in [0.1, 0.15) is 64.8 Å². The van der Waals surface area contributed by atoms with Crippen molar-refractivity contribution in [2.75, 3.05) is 6.54 Å². The van der Waals surface area contributed by atoms with E-state index in [1.54, 1.807) is 12.1 Å². The minimum atomic E-state index is -0.938. The average Bonchev–Trinajstić information content (AvgIpc) is 3.21. The molecular formula is C21H26N4O4. The van der Waals surface area contributed by atoms with Crippen molar-refractivity contribution in [3.8, 4) is 0 Å². The van der Waals surface area contributed by atoms with E-state index in [9.17, 15) is 19.2 Å². The third-order valence-corrected chi connectivity index (χ3v) is 6.18. The number of benzene rings is 1. The number of nitrogens with one attached hydrogen (secondary N) is 2. The van der Waals surface area contributed by atoms with Crippen molar-refractivity contribution in [1.82, 2.24) is 15.5 Å². The largest absolute Gasteiger partial charge is 0.328 e. The minimum absolute atomic E-state index is 0.114. The lowest BCUT2D eigenvalue weighted by Gasteiger charge is -2.27. The summed E-state index contributed by atoms with van der Waals surface area (Å²) < 4.78 is 0. The summed E-state index contributed by atoms with van der Waals surface area (Å²) in [6, 6.07) is 4.58. The Hall–Kier alpha value is -2.58. The van der Waals surface area contributed by atoms with Gasteiger partial charge in [-0.05, 0) is 56.2 Å². The molecule has 4 rings (SSSR count). The molecule has 1 aromatic rings. The van der Waals surface area contributed by atoms with Gasteiger partial charge in [0, 0.05) is 19.0 Å². The Morgan fingerprint density at radius 2 is 1.93 bits per heavy atom. The van der Waals surface area contributed by atoms with Gasteiger partial charge in [-0.1, -0.05) is 12.1 Å². The summed E-state index contributed by atoms with van der Waals surface area (Å²) in [7, 11) is 0. The van der Waals surface area contributed by atoms with Gasteiger partial charge in [0.25, 0.3) is 11.8 Å². The van der Waals surface area contributed by atoms with Crippen LogP contribution in [-0.2, 0) is 16.1 Å². The molecule has 4 amide bonds. The summed E-state index contributed by atoms with van der Waals surface area (Å²) in [5.41, 5.74) is 7.39. The fourth-order valence-corrected chi connectivity index (χ4v) is 4.64. The lowest BCUT2D eigenvalue weighted by Crippen LogP contribution is -2.54. The first-order valence-corrected chi connectivity index (χ1v) is 10.3. The molecule has 0 spiro atoms. The summed E-state index contributed by atoms with van der Waals surface area (Å²) in [5.74, 6) is -1.26. The maximum atomic E-state index is 13.0. The predicted molar refractivity (Wildman–Crippen MR) is 105 cm³/mol. The molecule has 2 fully saturated rings. The number of nitrogens with zero attached hydrogens (tertiary/aromatic N) is 1. The zero-order valence-electron chi connectivity index (χ0n) is 16.3. The number of fused-ring (bicyclic) bond motifs is 1. The van der Waals surface area contributed by atoms with E-state index in [4.69, 9.17) is 5.73 Å². The van der Waals surface area contributed by atoms with E-state index in [2.05, 4.69) is 10.6 Å². The van der Waals surface area contributed by atoms with Crippen LogP contribution in [0.15, 0.2) is 18.2 Å². The fraction of sp³-hybridized carbons (Fsp3) is 0.524. The lowest BCUT2D eigenvalue weighted by atomic mass is 10.0. The molecule has 3 unspecified atom stereocenters. The van der Waals surface area contributed by atoms with Crippen molar-refractivity contribution >= 4 is 23.6 Å². The van der Waals surface area contributed by atoms with Crippen molar-refractivity contribution in [2.24, 2.45) is 11.7 Å². The van der Waals surface area contributed by atoms with Crippen LogP contribution in [0.25, 0.3) is 0 Å². The molecular weight excluding hydrogens is 372 g/mol. The zero-order chi connectivity index (χ0) is 20.5. The second-order valence-electron chi connectivity index (χ2n) is 8.19. The van der Waals surface area contributed by atoms with Crippen molar-refractivity contribution in [3.63, 3.8) is 0 Å². The van der Waals surface area contributed by atoms with Gasteiger partial charge >= 0.3 is 0 Å². The van der Waals surface area contributed by atoms with Crippen LogP contribution in [0.3, 0.4) is 0 Å². The van der Waals surface area contributed by atoms with Gasteiger partial charge in [0.2, 0.25) is 11.8 Å². The van der Waals surface area contributed by atoms with Gasteiger partial charge < -0.3 is 11.1 Å². The van der Waals surface area contributed by atoms with Gasteiger partial charge in [0.15, 0.2) is 0 Å². The van der Waals surface area contributed by atoms with Crippen LogP contribution < -0.4 is 16.4 Å². The quantitative estimate of drug-likeness (QED) is 0.479. The second-order valence-corrected chi connectivity index (χ2v) is 8.19. The van der Waals surface area contributed by atoms with Gasteiger partial charge in [0.1, 0.15) is 6.04 Å². The third-order valence-electron chi connectivity index (χ3n) is 6.18. The predicted octanol–water partition coefficient (Wildman–Crippen LogP) is 0.695. The van der Waals surface area contributed by atoms with Crippen molar-refractivity contribution in [1.29, 1.82) is 0 Å². The number of hydrogen-bond acceptors (Lipinski definition) is 6. The highest BCUT2D eigenvalue weighted by Gasteiger charge is 2.45. The normalized spacial score (nSPS) is 26.8. The van der Waals surface area contributed by atoms with E-state index < -0.39 is 23.8 Å². The molecule has 8 nitrogen and oxygen atoms in total. The molecule has 0 aromatic heterocycles. The summed E-state index contributed by atoms with van der Waals surface area (Å²) in [6.45, 7) is 1.30. The molecule has 8 heteroatoms. The molecule has 29 heavy (non-hydrogen) atoms. The number of rotatable bonds is 6. The SMILES string of the molecule is NC1CCC(CCNCc2cccc3c2C(=O)N(C2CCC(=O)NC2=O)C3=O)C1. The van der Waals surface area contributed by atoms with E-state index >= 15 is 0 Å². The summed E-state index contributed by atoms with van der Waals surface area (Å²) >= 11 is 0. The molecule has 3 aliphatic rings. The summed E-state index contributed by atoms with van der Waals surface area (Å²) in [4.78, 5) is 50.4. The zero-order valence-corrected chi connectivity index (χ0v) is 16.3. The number of carbonyl (C=O) groups excluding carboxylic acids is 4. The van der Waals surface area contributed by atoms with E-state index in [1.807, 2.05) is 6.07 Å². The first-order chi connectivity index (χ1) is 14.0. The van der Waals surface area contributed by atoms with E-state index in [0.29, 0.717) is 29.6 Å². The Bertz CT molecular complexity index is 868. The number of carbonyl (C=O) groups is 4. The van der Waals surface area contributed by atoms with Gasteiger partial charge in [-0.25, -0.2) is 0 Å². The molecule has 2 heterocycles. The second kappa shape index (κ2) is 8.04. The Kier molecular flexibility index (Phi) is 5.47. The van der Waals surface area contributed by atoms with E-state index in [0.717, 1.165) is 42.7 Å². The van der Waals surface area contributed by atoms with Gasteiger partial charge in [-0.2, -0.15) is 0 Å². The summed E-state index contributed by atoms with van der Waals surface area (Å²) in [6.07, 6.45) is 4.63. The number of amides is 4. The third kappa shape index (κ3) is 3.82. The molecule has 154 valence electrons. The van der Waals surface area contributed by atoms with Gasteiger partial charge in [0.05, 0.1) is 11.1 Å². The molecule has 1 aromatic carbocycles. The highest BCUT2D eigenvalue weighted by Crippen LogP contribution is 2.30.